The van der Waals surface area contributed by atoms with E-state index in [9.17, 15) is 9.59 Å². The van der Waals surface area contributed by atoms with Gasteiger partial charge in [0.25, 0.3) is 11.8 Å². The minimum absolute atomic E-state index is 0.229. The van der Waals surface area contributed by atoms with Gasteiger partial charge in [-0.25, -0.2) is 4.79 Å². The third-order valence-electron chi connectivity index (χ3n) is 5.13. The highest BCUT2D eigenvalue weighted by atomic mass is 32.1. The maximum Gasteiger partial charge on any atom is 0.437 e. The fourth-order valence-electron chi connectivity index (χ4n) is 3.33. The number of hydrogen-bond donors (Lipinski definition) is 1. The predicted octanol–water partition coefficient (Wildman–Crippen LogP) is 3.39. The van der Waals surface area contributed by atoms with Crippen molar-refractivity contribution in [1.82, 2.24) is 24.4 Å². The Hall–Kier alpha value is -3.66. The molecule has 1 fully saturated rings. The molecule has 0 spiro atoms. The number of benzene rings is 1. The van der Waals surface area contributed by atoms with Crippen LogP contribution in [-0.2, 0) is 7.05 Å². The molecule has 3 heterocycles. The molecule has 0 saturated heterocycles. The summed E-state index contributed by atoms with van der Waals surface area (Å²) in [5.41, 5.74) is 4.87. The normalized spacial score (nSPS) is 13.4. The van der Waals surface area contributed by atoms with Gasteiger partial charge in [-0.15, -0.1) is 10.2 Å². The van der Waals surface area contributed by atoms with E-state index in [-0.39, 0.29) is 11.8 Å². The lowest BCUT2D eigenvalue weighted by atomic mass is 9.99. The van der Waals surface area contributed by atoms with Gasteiger partial charge in [0.1, 0.15) is 4.88 Å². The summed E-state index contributed by atoms with van der Waals surface area (Å²) in [5.74, 6) is -0.0796. The molecule has 3 aromatic heterocycles. The van der Waals surface area contributed by atoms with E-state index in [1.54, 1.807) is 20.2 Å². The molecule has 0 radical (unpaired) electrons. The largest absolute Gasteiger partial charge is 0.437 e. The summed E-state index contributed by atoms with van der Waals surface area (Å²) in [7, 11) is 1.54. The van der Waals surface area contributed by atoms with Crippen LogP contribution in [0.2, 0.25) is 0 Å². The molecule has 0 bridgehead atoms. The number of hydrogen-bond acceptors (Lipinski definition) is 8. The van der Waals surface area contributed by atoms with Crippen molar-refractivity contribution in [1.29, 1.82) is 0 Å². The summed E-state index contributed by atoms with van der Waals surface area (Å²) in [6, 6.07) is 9.53. The maximum atomic E-state index is 12.4. The van der Waals surface area contributed by atoms with E-state index in [1.807, 2.05) is 30.3 Å². The molecule has 10 heteroatoms. The van der Waals surface area contributed by atoms with Gasteiger partial charge >= 0.3 is 5.76 Å². The van der Waals surface area contributed by atoms with Crippen molar-refractivity contribution in [3.63, 3.8) is 0 Å². The molecule has 156 valence electrons. The van der Waals surface area contributed by atoms with Crippen molar-refractivity contribution < 1.29 is 9.21 Å². The Kier molecular flexibility index (Phi) is 4.70. The topological polar surface area (TPSA) is 116 Å². The second-order valence-electron chi connectivity index (χ2n) is 7.45. The van der Waals surface area contributed by atoms with E-state index in [1.165, 1.54) is 0 Å². The van der Waals surface area contributed by atoms with Gasteiger partial charge in [0.15, 0.2) is 0 Å². The van der Waals surface area contributed by atoms with Gasteiger partial charge in [-0.05, 0) is 55.1 Å². The monoisotopic (exact) mass is 434 g/mol. The van der Waals surface area contributed by atoms with E-state index in [4.69, 9.17) is 4.42 Å². The third kappa shape index (κ3) is 3.77. The number of amides is 1. The van der Waals surface area contributed by atoms with Gasteiger partial charge in [-0.3, -0.25) is 9.78 Å². The Morgan fingerprint density at radius 1 is 1.23 bits per heavy atom. The first-order valence-corrected chi connectivity index (χ1v) is 10.5. The molecule has 0 aliphatic heterocycles. The van der Waals surface area contributed by atoms with Gasteiger partial charge in [0.2, 0.25) is 0 Å². The Morgan fingerprint density at radius 2 is 2.00 bits per heavy atom. The lowest BCUT2D eigenvalue weighted by Crippen LogP contribution is -2.11. The van der Waals surface area contributed by atoms with Gasteiger partial charge in [-0.1, -0.05) is 16.6 Å². The molecule has 4 aromatic rings. The Bertz CT molecular complexity index is 1330. The van der Waals surface area contributed by atoms with Crippen LogP contribution in [0.5, 0.6) is 0 Å². The van der Waals surface area contributed by atoms with Gasteiger partial charge < -0.3 is 9.73 Å². The van der Waals surface area contributed by atoms with Crippen LogP contribution < -0.4 is 11.1 Å². The van der Waals surface area contributed by atoms with Crippen molar-refractivity contribution >= 4 is 23.1 Å². The number of rotatable bonds is 5. The standard InChI is InChI=1S/C21H18N6O3S/c1-11-18(31-26-24-11)19(28)23-15-7-5-12(6-8-15)16-9-14(10-22-17(16)13-3-4-13)20-25-27(2)21(29)30-20/h5-10,13H,3-4H2,1-2H3,(H,23,28). The number of aryl methyl sites for hydroxylation is 2. The Balaban J connectivity index is 1.46. The number of nitrogens with one attached hydrogen (secondary N) is 1. The zero-order chi connectivity index (χ0) is 21.5. The number of aromatic nitrogens is 5. The molecule has 1 N–H and O–H groups in total. The molecule has 1 amide bonds. The van der Waals surface area contributed by atoms with Crippen molar-refractivity contribution in [3.05, 3.63) is 63.3 Å². The molecule has 1 saturated carbocycles. The number of anilines is 1. The number of carbonyl (C=O) groups excluding carboxylic acids is 1. The zero-order valence-corrected chi connectivity index (χ0v) is 17.6. The number of nitrogens with zero attached hydrogens (tertiary/aromatic N) is 5. The summed E-state index contributed by atoms with van der Waals surface area (Å²) in [5, 5.41) is 10.9. The lowest BCUT2D eigenvalue weighted by molar-refractivity contribution is 0.103. The zero-order valence-electron chi connectivity index (χ0n) is 16.8. The van der Waals surface area contributed by atoms with Crippen LogP contribution in [0.3, 0.4) is 0 Å². The molecule has 1 aliphatic rings. The molecule has 1 aromatic carbocycles. The molecular weight excluding hydrogens is 416 g/mol. The quantitative estimate of drug-likeness (QED) is 0.512. The van der Waals surface area contributed by atoms with Crippen molar-refractivity contribution in [2.24, 2.45) is 7.05 Å². The van der Waals surface area contributed by atoms with Crippen molar-refractivity contribution in [2.45, 2.75) is 25.7 Å². The number of pyridine rings is 1. The fourth-order valence-corrected chi connectivity index (χ4v) is 3.88. The highest BCUT2D eigenvalue weighted by Gasteiger charge is 2.28. The number of carbonyl (C=O) groups is 1. The van der Waals surface area contributed by atoms with Crippen molar-refractivity contribution in [2.75, 3.05) is 5.32 Å². The van der Waals surface area contributed by atoms with Crippen molar-refractivity contribution in [3.8, 4) is 22.6 Å². The third-order valence-corrected chi connectivity index (χ3v) is 5.96. The van der Waals surface area contributed by atoms with Crippen LogP contribution in [-0.4, -0.2) is 30.3 Å². The van der Waals surface area contributed by atoms with E-state index in [0.717, 1.165) is 45.9 Å². The van der Waals surface area contributed by atoms with E-state index < -0.39 is 5.76 Å². The SMILES string of the molecule is Cc1nnsc1C(=O)Nc1ccc(-c2cc(-c3nn(C)c(=O)o3)cnc2C2CC2)cc1. The molecule has 5 rings (SSSR count). The van der Waals surface area contributed by atoms with Crippen LogP contribution >= 0.6 is 11.5 Å². The summed E-state index contributed by atoms with van der Waals surface area (Å²) >= 11 is 1.07. The second kappa shape index (κ2) is 7.55. The van der Waals surface area contributed by atoms with Crippen LogP contribution in [0, 0.1) is 6.92 Å². The summed E-state index contributed by atoms with van der Waals surface area (Å²) < 4.78 is 10.2. The average molecular weight is 434 g/mol. The summed E-state index contributed by atoms with van der Waals surface area (Å²) in [6.45, 7) is 1.75. The summed E-state index contributed by atoms with van der Waals surface area (Å²) in [6.07, 6.45) is 3.91. The molecule has 0 unspecified atom stereocenters. The molecular formula is C21H18N6O3S. The van der Waals surface area contributed by atoms with E-state index >= 15 is 0 Å². The first-order chi connectivity index (χ1) is 15.0. The first kappa shape index (κ1) is 19.3. The highest BCUT2D eigenvalue weighted by Crippen LogP contribution is 2.44. The van der Waals surface area contributed by atoms with Crippen LogP contribution in [0.25, 0.3) is 22.6 Å². The van der Waals surface area contributed by atoms with Crippen LogP contribution in [0.1, 0.15) is 39.8 Å². The molecule has 9 nitrogen and oxygen atoms in total. The van der Waals surface area contributed by atoms with Crippen LogP contribution in [0.15, 0.2) is 45.7 Å². The van der Waals surface area contributed by atoms with Crippen LogP contribution in [0.4, 0.5) is 5.69 Å². The molecule has 0 atom stereocenters. The minimum Gasteiger partial charge on any atom is -0.388 e. The Morgan fingerprint density at radius 3 is 2.61 bits per heavy atom. The van der Waals surface area contributed by atoms with E-state index in [0.29, 0.717) is 27.7 Å². The lowest BCUT2D eigenvalue weighted by Gasteiger charge is -2.11. The second-order valence-corrected chi connectivity index (χ2v) is 8.20. The first-order valence-electron chi connectivity index (χ1n) is 9.75. The molecule has 1 aliphatic carbocycles. The minimum atomic E-state index is -0.519. The maximum absolute atomic E-state index is 12.4. The average Bonchev–Trinajstić information content (AvgIpc) is 3.44. The Labute approximate surface area is 180 Å². The van der Waals surface area contributed by atoms with Gasteiger partial charge in [-0.2, -0.15) is 4.68 Å². The summed E-state index contributed by atoms with van der Waals surface area (Å²) in [4.78, 5) is 29.2. The van der Waals surface area contributed by atoms with Gasteiger partial charge in [0, 0.05) is 30.4 Å². The smallest absolute Gasteiger partial charge is 0.388 e. The van der Waals surface area contributed by atoms with Gasteiger partial charge in [0.05, 0.1) is 17.0 Å². The fraction of sp³-hybridized carbons (Fsp3) is 0.238. The molecule has 31 heavy (non-hydrogen) atoms. The predicted molar refractivity (Wildman–Crippen MR) is 115 cm³/mol. The highest BCUT2D eigenvalue weighted by molar-refractivity contribution is 7.08. The van der Waals surface area contributed by atoms with E-state index in [2.05, 4.69) is 25.0 Å².